The standard InChI is InChI=1S/C45H56N6O.C3H8.C2H6/c1-4-6-8-12-27-50-38-21-15-19-36-33-47-40-23-16-20-37-25-30-52-29-24-34(31-41(50)48-42(36)38)17-10-11-26-46-32-35-18-14-22-39-43(35)49-44(45(37,40)3)51(39)28-13-9-7-5-2;1-3-2;1-2/h10-11,14-23,32-33,40H,4-9,12-13,24-31H2,1-3H3;3H2,1-2H3;1-2H3/b11-10-,34-17-,46-32?,47-33?;;. The Hall–Kier alpha value is -4.36. The third-order valence-electron chi connectivity index (χ3n) is 11.2. The van der Waals surface area contributed by atoms with Gasteiger partial charge in [-0.15, -0.1) is 0 Å². The quantitative estimate of drug-likeness (QED) is 0.151. The normalized spacial score (nSPS) is 20.7. The van der Waals surface area contributed by atoms with Crippen molar-refractivity contribution in [3.63, 3.8) is 0 Å². The Morgan fingerprint density at radius 1 is 0.737 bits per heavy atom. The van der Waals surface area contributed by atoms with Crippen molar-refractivity contribution in [3.05, 3.63) is 107 Å². The number of ether oxygens (including phenoxy) is 1. The number of aryl methyl sites for hydroxylation is 2. The highest BCUT2D eigenvalue weighted by Gasteiger charge is 2.43. The van der Waals surface area contributed by atoms with Crippen LogP contribution < -0.4 is 0 Å². The van der Waals surface area contributed by atoms with Crippen molar-refractivity contribution in [2.24, 2.45) is 9.98 Å². The molecule has 2 atom stereocenters. The molecular formula is C50H70N6O. The van der Waals surface area contributed by atoms with Gasteiger partial charge in [-0.05, 0) is 44.7 Å². The zero-order chi connectivity index (χ0) is 40.5. The van der Waals surface area contributed by atoms with Gasteiger partial charge < -0.3 is 13.9 Å². The van der Waals surface area contributed by atoms with Gasteiger partial charge in [0.15, 0.2) is 0 Å². The first-order valence-electron chi connectivity index (χ1n) is 22.3. The lowest BCUT2D eigenvalue weighted by molar-refractivity contribution is 0.137. The van der Waals surface area contributed by atoms with Crippen LogP contribution in [0, 0.1) is 0 Å². The first-order valence-corrected chi connectivity index (χ1v) is 22.3. The third-order valence-corrected chi connectivity index (χ3v) is 11.2. The summed E-state index contributed by atoms with van der Waals surface area (Å²) in [6, 6.07) is 13.0. The summed E-state index contributed by atoms with van der Waals surface area (Å²) in [6.07, 6.45) is 30.7. The van der Waals surface area contributed by atoms with Gasteiger partial charge in [0.05, 0.1) is 53.3 Å². The Kier molecular flexibility index (Phi) is 17.3. The molecule has 2 unspecified atom stereocenters. The minimum Gasteiger partial charge on any atom is -0.381 e. The van der Waals surface area contributed by atoms with Crippen LogP contribution in [-0.2, 0) is 29.7 Å². The molecule has 0 fully saturated rings. The Morgan fingerprint density at radius 3 is 2.11 bits per heavy atom. The number of benzene rings is 2. The largest absolute Gasteiger partial charge is 0.381 e. The van der Waals surface area contributed by atoms with Crippen LogP contribution in [0.3, 0.4) is 0 Å². The van der Waals surface area contributed by atoms with E-state index in [9.17, 15) is 0 Å². The van der Waals surface area contributed by atoms with E-state index in [-0.39, 0.29) is 6.04 Å². The second-order valence-corrected chi connectivity index (χ2v) is 15.6. The van der Waals surface area contributed by atoms with E-state index in [0.29, 0.717) is 19.8 Å². The summed E-state index contributed by atoms with van der Waals surface area (Å²) in [5, 5.41) is 0. The number of allylic oxidation sites excluding steroid dienone is 4. The average molecular weight is 771 g/mol. The Morgan fingerprint density at radius 2 is 1.39 bits per heavy atom. The number of aliphatic imine (C=N–C) groups is 2. The molecule has 0 spiro atoms. The van der Waals surface area contributed by atoms with Crippen LogP contribution >= 0.6 is 0 Å². The number of hydrogen-bond donors (Lipinski definition) is 0. The lowest BCUT2D eigenvalue weighted by atomic mass is 9.71. The predicted octanol–water partition coefficient (Wildman–Crippen LogP) is 12.5. The minimum atomic E-state index is -0.485. The van der Waals surface area contributed by atoms with Crippen LogP contribution in [-0.4, -0.2) is 57.3 Å². The van der Waals surface area contributed by atoms with Gasteiger partial charge in [0.25, 0.3) is 0 Å². The topological polar surface area (TPSA) is 69.6 Å². The van der Waals surface area contributed by atoms with E-state index in [2.05, 4.69) is 123 Å². The summed E-state index contributed by atoms with van der Waals surface area (Å²) in [7, 11) is 0. The zero-order valence-corrected chi connectivity index (χ0v) is 36.3. The van der Waals surface area contributed by atoms with Gasteiger partial charge in [-0.3, -0.25) is 9.98 Å². The smallest absolute Gasteiger partial charge is 0.122 e. The summed E-state index contributed by atoms with van der Waals surface area (Å²) in [4.78, 5) is 21.3. The highest BCUT2D eigenvalue weighted by atomic mass is 16.5. The van der Waals surface area contributed by atoms with E-state index in [1.54, 1.807) is 0 Å². The molecule has 4 heterocycles. The monoisotopic (exact) mass is 771 g/mol. The number of nitrogens with zero attached hydrogens (tertiary/aromatic N) is 6. The van der Waals surface area contributed by atoms with E-state index in [4.69, 9.17) is 24.7 Å². The Labute approximate surface area is 343 Å². The van der Waals surface area contributed by atoms with Gasteiger partial charge in [0.2, 0.25) is 0 Å². The fourth-order valence-corrected chi connectivity index (χ4v) is 8.20. The van der Waals surface area contributed by atoms with Crippen LogP contribution in [0.5, 0.6) is 0 Å². The summed E-state index contributed by atoms with van der Waals surface area (Å²) in [6.45, 7) is 19.0. The summed E-state index contributed by atoms with van der Waals surface area (Å²) in [5.41, 5.74) is 8.66. The first kappa shape index (κ1) is 43.8. The fraction of sp³-hybridized carbons (Fsp3) is 0.520. The summed E-state index contributed by atoms with van der Waals surface area (Å²) >= 11 is 0. The molecule has 2 aliphatic heterocycles. The van der Waals surface area contributed by atoms with Crippen molar-refractivity contribution in [1.82, 2.24) is 19.1 Å². The predicted molar refractivity (Wildman–Crippen MR) is 244 cm³/mol. The number of hydrogen-bond acceptors (Lipinski definition) is 5. The third kappa shape index (κ3) is 10.6. The van der Waals surface area contributed by atoms with Crippen molar-refractivity contribution in [2.45, 2.75) is 150 Å². The van der Waals surface area contributed by atoms with Crippen LogP contribution in [0.4, 0.5) is 0 Å². The average Bonchev–Trinajstić information content (AvgIpc) is 3.78. The lowest BCUT2D eigenvalue weighted by Crippen LogP contribution is -2.41. The zero-order valence-electron chi connectivity index (χ0n) is 36.3. The van der Waals surface area contributed by atoms with E-state index < -0.39 is 5.41 Å². The second kappa shape index (κ2) is 22.5. The SMILES string of the molecule is CC.CCC.CCCCCCn1c2nc3c(cccc31)C=NC1C=CC=C3CCOCC/C(=C/C=C\CN=Cc4cccc5c4nc(n5CCCCCC)C31C)C2. The van der Waals surface area contributed by atoms with Gasteiger partial charge in [0, 0.05) is 43.1 Å². The van der Waals surface area contributed by atoms with Gasteiger partial charge >= 0.3 is 0 Å². The molecule has 3 aliphatic rings. The number of fused-ring (bicyclic) bond motifs is 7. The van der Waals surface area contributed by atoms with E-state index in [1.165, 1.54) is 67.1 Å². The van der Waals surface area contributed by atoms with Crippen LogP contribution in [0.25, 0.3) is 22.1 Å². The maximum atomic E-state index is 6.47. The van der Waals surface area contributed by atoms with E-state index in [0.717, 1.165) is 79.0 Å². The van der Waals surface area contributed by atoms with E-state index in [1.807, 2.05) is 20.1 Å². The molecule has 57 heavy (non-hydrogen) atoms. The number of para-hydroxylation sites is 2. The maximum Gasteiger partial charge on any atom is 0.122 e. The molecule has 4 aromatic rings. The molecule has 8 bridgehead atoms. The van der Waals surface area contributed by atoms with Crippen molar-refractivity contribution in [2.75, 3.05) is 19.8 Å². The van der Waals surface area contributed by atoms with Crippen LogP contribution in [0.1, 0.15) is 142 Å². The molecule has 0 N–H and O–H groups in total. The molecule has 7 heteroatoms. The molecule has 2 aromatic heterocycles. The van der Waals surface area contributed by atoms with Crippen molar-refractivity contribution >= 4 is 34.5 Å². The molecule has 0 radical (unpaired) electrons. The molecule has 306 valence electrons. The molecule has 0 saturated carbocycles. The summed E-state index contributed by atoms with van der Waals surface area (Å²) in [5.74, 6) is 2.19. The maximum absolute atomic E-state index is 6.47. The first-order chi connectivity index (χ1) is 28.0. The van der Waals surface area contributed by atoms with Crippen molar-refractivity contribution in [1.29, 1.82) is 0 Å². The van der Waals surface area contributed by atoms with Gasteiger partial charge in [-0.2, -0.15) is 0 Å². The molecule has 7 nitrogen and oxygen atoms in total. The molecular weight excluding hydrogens is 701 g/mol. The fourth-order valence-electron chi connectivity index (χ4n) is 8.20. The second-order valence-electron chi connectivity index (χ2n) is 15.6. The van der Waals surface area contributed by atoms with Crippen molar-refractivity contribution < 1.29 is 4.74 Å². The van der Waals surface area contributed by atoms with Gasteiger partial charge in [0.1, 0.15) is 11.6 Å². The Balaban J connectivity index is 0.00000118. The highest BCUT2D eigenvalue weighted by Crippen LogP contribution is 2.43. The highest BCUT2D eigenvalue weighted by molar-refractivity contribution is 5.98. The van der Waals surface area contributed by atoms with Crippen molar-refractivity contribution in [3.8, 4) is 0 Å². The number of unbranched alkanes of at least 4 members (excludes halogenated alkanes) is 6. The number of imidazole rings is 2. The van der Waals surface area contributed by atoms with Gasteiger partial charge in [-0.25, -0.2) is 9.97 Å². The summed E-state index contributed by atoms with van der Waals surface area (Å²) < 4.78 is 11.4. The lowest BCUT2D eigenvalue weighted by Gasteiger charge is -2.38. The molecule has 0 amide bonds. The molecule has 2 aromatic carbocycles. The molecule has 7 rings (SSSR count). The molecule has 0 saturated heterocycles. The number of rotatable bonds is 10. The van der Waals surface area contributed by atoms with Crippen LogP contribution in [0.2, 0.25) is 0 Å². The van der Waals surface area contributed by atoms with Crippen LogP contribution in [0.15, 0.2) is 94.0 Å². The van der Waals surface area contributed by atoms with Gasteiger partial charge in [-0.1, -0.05) is 158 Å². The Bertz CT molecular complexity index is 2060. The van der Waals surface area contributed by atoms with E-state index >= 15 is 0 Å². The minimum absolute atomic E-state index is 0.153. The number of aromatic nitrogens is 4. The molecule has 1 aliphatic carbocycles.